The molecule has 0 aliphatic carbocycles. The number of allylic oxidation sites excluding steroid dienone is 2. The molecule has 2 heteroatoms. The molecule has 0 saturated heterocycles. The molecule has 0 amide bonds. The van der Waals surface area contributed by atoms with Gasteiger partial charge in [-0.15, -0.1) is 0 Å². The van der Waals surface area contributed by atoms with Gasteiger partial charge in [-0.2, -0.15) is 0 Å². The van der Waals surface area contributed by atoms with Crippen LogP contribution < -0.4 is 0 Å². The Morgan fingerprint density at radius 2 is 2.17 bits per heavy atom. The molecule has 0 bridgehead atoms. The van der Waals surface area contributed by atoms with E-state index < -0.39 is 0 Å². The highest BCUT2D eigenvalue weighted by Gasteiger charge is 2.01. The Bertz CT molecular complexity index is 173. The number of likely N-dealkylation sites (N-methyl/N-ethyl adjacent to an activating group) is 1. The predicted octanol–water partition coefficient (Wildman–Crippen LogP) is 2.76. The maximum atomic E-state index is 12.9. The number of hydrogen-bond donors (Lipinski definition) is 0. The van der Waals surface area contributed by atoms with Crippen LogP contribution in [-0.4, -0.2) is 25.0 Å². The van der Waals surface area contributed by atoms with Crippen molar-refractivity contribution in [1.82, 2.24) is 4.90 Å². The first-order valence-corrected chi connectivity index (χ1v) is 4.28. The van der Waals surface area contributed by atoms with Crippen molar-refractivity contribution in [3.63, 3.8) is 0 Å². The molecule has 0 radical (unpaired) electrons. The van der Waals surface area contributed by atoms with Crippen molar-refractivity contribution in [3.05, 3.63) is 24.1 Å². The van der Waals surface area contributed by atoms with Gasteiger partial charge in [0.05, 0.1) is 0 Å². The van der Waals surface area contributed by atoms with Crippen LogP contribution in [0.15, 0.2) is 24.1 Å². The van der Waals surface area contributed by atoms with Gasteiger partial charge >= 0.3 is 0 Å². The molecule has 0 fully saturated rings. The van der Waals surface area contributed by atoms with Crippen LogP contribution >= 0.6 is 0 Å². The standard InChI is InChI=1S/C10H18FN/c1-5-7-12(4)8-9(3)10(11)6-2/h6H,2,5,7-8H2,1,3-4H3/b10-9-. The van der Waals surface area contributed by atoms with Gasteiger partial charge in [0.25, 0.3) is 0 Å². The average molecular weight is 171 g/mol. The first-order chi connectivity index (χ1) is 5.61. The van der Waals surface area contributed by atoms with Gasteiger partial charge in [-0.25, -0.2) is 4.39 Å². The molecular weight excluding hydrogens is 153 g/mol. The highest BCUT2D eigenvalue weighted by Crippen LogP contribution is 2.07. The summed E-state index contributed by atoms with van der Waals surface area (Å²) in [4.78, 5) is 2.10. The highest BCUT2D eigenvalue weighted by atomic mass is 19.1. The molecule has 0 saturated carbocycles. The van der Waals surface area contributed by atoms with Crippen molar-refractivity contribution in [1.29, 1.82) is 0 Å². The number of nitrogens with zero attached hydrogens (tertiary/aromatic N) is 1. The number of rotatable bonds is 5. The minimum Gasteiger partial charge on any atom is -0.302 e. The molecule has 0 rings (SSSR count). The molecule has 0 atom stereocenters. The summed E-state index contributed by atoms with van der Waals surface area (Å²) in [5.74, 6) is -0.196. The van der Waals surface area contributed by atoms with E-state index in [4.69, 9.17) is 0 Å². The molecule has 12 heavy (non-hydrogen) atoms. The van der Waals surface area contributed by atoms with Crippen LogP contribution in [0.25, 0.3) is 0 Å². The Hall–Kier alpha value is -0.630. The van der Waals surface area contributed by atoms with Crippen molar-refractivity contribution in [2.24, 2.45) is 0 Å². The fourth-order valence-electron chi connectivity index (χ4n) is 1.12. The van der Waals surface area contributed by atoms with E-state index in [0.29, 0.717) is 6.54 Å². The van der Waals surface area contributed by atoms with Crippen LogP contribution in [0.3, 0.4) is 0 Å². The molecule has 1 nitrogen and oxygen atoms in total. The van der Waals surface area contributed by atoms with Crippen LogP contribution in [0.4, 0.5) is 4.39 Å². The molecule has 0 aromatic heterocycles. The van der Waals surface area contributed by atoms with Gasteiger partial charge in [0.2, 0.25) is 0 Å². The number of halogens is 1. The van der Waals surface area contributed by atoms with Gasteiger partial charge in [0.15, 0.2) is 0 Å². The second kappa shape index (κ2) is 5.95. The molecule has 0 unspecified atom stereocenters. The van der Waals surface area contributed by atoms with Crippen molar-refractivity contribution >= 4 is 0 Å². The van der Waals surface area contributed by atoms with Crippen LogP contribution in [0.1, 0.15) is 20.3 Å². The molecule has 0 aromatic carbocycles. The zero-order valence-electron chi connectivity index (χ0n) is 8.23. The monoisotopic (exact) mass is 171 g/mol. The first kappa shape index (κ1) is 11.4. The van der Waals surface area contributed by atoms with Gasteiger partial charge in [-0.1, -0.05) is 13.5 Å². The first-order valence-electron chi connectivity index (χ1n) is 4.28. The van der Waals surface area contributed by atoms with E-state index in [0.717, 1.165) is 18.5 Å². The van der Waals surface area contributed by atoms with Crippen molar-refractivity contribution in [2.45, 2.75) is 20.3 Å². The largest absolute Gasteiger partial charge is 0.302 e. The number of hydrogen-bond acceptors (Lipinski definition) is 1. The minimum atomic E-state index is -0.196. The summed E-state index contributed by atoms with van der Waals surface area (Å²) in [6.45, 7) is 8.98. The maximum Gasteiger partial charge on any atom is 0.122 e. The van der Waals surface area contributed by atoms with E-state index in [1.807, 2.05) is 7.05 Å². The van der Waals surface area contributed by atoms with Gasteiger partial charge < -0.3 is 4.90 Å². The van der Waals surface area contributed by atoms with E-state index >= 15 is 0 Å². The Labute approximate surface area is 74.6 Å². The third-order valence-corrected chi connectivity index (χ3v) is 1.70. The highest BCUT2D eigenvalue weighted by molar-refractivity contribution is 5.16. The molecule has 70 valence electrons. The summed E-state index contributed by atoms with van der Waals surface area (Å²) in [6, 6.07) is 0. The second-order valence-corrected chi connectivity index (χ2v) is 3.07. The average Bonchev–Trinajstić information content (AvgIpc) is 2.03. The fourth-order valence-corrected chi connectivity index (χ4v) is 1.12. The lowest BCUT2D eigenvalue weighted by atomic mass is 10.2. The quantitative estimate of drug-likeness (QED) is 0.575. The zero-order valence-corrected chi connectivity index (χ0v) is 8.23. The summed E-state index contributed by atoms with van der Waals surface area (Å²) in [6.07, 6.45) is 2.36. The van der Waals surface area contributed by atoms with Gasteiger partial charge in [-0.05, 0) is 38.6 Å². The van der Waals surface area contributed by atoms with Crippen molar-refractivity contribution in [3.8, 4) is 0 Å². The molecule has 0 aliphatic heterocycles. The van der Waals surface area contributed by atoms with E-state index in [-0.39, 0.29) is 5.83 Å². The fraction of sp³-hybridized carbons (Fsp3) is 0.600. The smallest absolute Gasteiger partial charge is 0.122 e. The predicted molar refractivity (Wildman–Crippen MR) is 51.8 cm³/mol. The summed E-state index contributed by atoms with van der Waals surface area (Å²) >= 11 is 0. The summed E-state index contributed by atoms with van der Waals surface area (Å²) in [5, 5.41) is 0. The zero-order chi connectivity index (χ0) is 9.56. The lowest BCUT2D eigenvalue weighted by molar-refractivity contribution is 0.359. The third-order valence-electron chi connectivity index (χ3n) is 1.70. The minimum absolute atomic E-state index is 0.196. The Balaban J connectivity index is 3.98. The topological polar surface area (TPSA) is 3.24 Å². The Morgan fingerprint density at radius 3 is 2.58 bits per heavy atom. The molecule has 0 aromatic rings. The summed E-state index contributed by atoms with van der Waals surface area (Å²) < 4.78 is 12.9. The van der Waals surface area contributed by atoms with Gasteiger partial charge in [0.1, 0.15) is 5.83 Å². The Kier molecular flexibility index (Phi) is 5.64. The lowest BCUT2D eigenvalue weighted by Crippen LogP contribution is -2.21. The Morgan fingerprint density at radius 1 is 1.58 bits per heavy atom. The van der Waals surface area contributed by atoms with E-state index in [1.165, 1.54) is 6.08 Å². The molecule has 0 N–H and O–H groups in total. The second-order valence-electron chi connectivity index (χ2n) is 3.07. The van der Waals surface area contributed by atoms with Crippen LogP contribution in [0.5, 0.6) is 0 Å². The van der Waals surface area contributed by atoms with Crippen LogP contribution in [0, 0.1) is 0 Å². The van der Waals surface area contributed by atoms with Crippen molar-refractivity contribution < 1.29 is 4.39 Å². The van der Waals surface area contributed by atoms with Crippen molar-refractivity contribution in [2.75, 3.05) is 20.1 Å². The van der Waals surface area contributed by atoms with Crippen LogP contribution in [0.2, 0.25) is 0 Å². The normalized spacial score (nSPS) is 13.1. The van der Waals surface area contributed by atoms with E-state index in [2.05, 4.69) is 18.4 Å². The molecule has 0 spiro atoms. The summed E-state index contributed by atoms with van der Waals surface area (Å²) in [5.41, 5.74) is 0.751. The maximum absolute atomic E-state index is 12.9. The van der Waals surface area contributed by atoms with Gasteiger partial charge in [0, 0.05) is 6.54 Å². The summed E-state index contributed by atoms with van der Waals surface area (Å²) in [7, 11) is 1.99. The molecule has 0 heterocycles. The SMILES string of the molecule is C=C/C(F)=C(\C)CN(C)CCC. The molecule has 0 aliphatic rings. The van der Waals surface area contributed by atoms with Gasteiger partial charge in [-0.3, -0.25) is 0 Å². The molecular formula is C10H18FN. The third kappa shape index (κ3) is 4.29. The lowest BCUT2D eigenvalue weighted by Gasteiger charge is -2.15. The van der Waals surface area contributed by atoms with Crippen LogP contribution in [-0.2, 0) is 0 Å². The van der Waals surface area contributed by atoms with E-state index in [1.54, 1.807) is 6.92 Å². The van der Waals surface area contributed by atoms with E-state index in [9.17, 15) is 4.39 Å².